The van der Waals surface area contributed by atoms with Crippen LogP contribution in [-0.2, 0) is 9.59 Å². The number of nitrogens with one attached hydrogen (secondary N) is 2. The van der Waals surface area contributed by atoms with Crippen LogP contribution in [0.3, 0.4) is 0 Å². The fourth-order valence-electron chi connectivity index (χ4n) is 5.38. The maximum Gasteiger partial charge on any atom is 0.586 e. The van der Waals surface area contributed by atoms with E-state index in [2.05, 4.69) is 29.6 Å². The molecule has 0 unspecified atom stereocenters. The van der Waals surface area contributed by atoms with Crippen molar-refractivity contribution >= 4 is 11.8 Å². The van der Waals surface area contributed by atoms with E-state index < -0.39 is 35.5 Å². The Kier molecular flexibility index (Phi) is 5.23. The summed E-state index contributed by atoms with van der Waals surface area (Å²) in [6.07, 6.45) is -5.15. The number of halogens is 4. The molecule has 7 rings (SSSR count). The fraction of sp³-hybridized carbons (Fsp3) is 0.417. The summed E-state index contributed by atoms with van der Waals surface area (Å²) in [4.78, 5) is 24.9. The van der Waals surface area contributed by atoms with Gasteiger partial charge in [-0.1, -0.05) is 0 Å². The molecule has 3 aliphatic carbocycles. The molecule has 0 saturated heterocycles. The second-order valence-electron chi connectivity index (χ2n) is 9.64. The summed E-state index contributed by atoms with van der Waals surface area (Å²) in [5.41, 5.74) is -0.956. The zero-order valence-electron chi connectivity index (χ0n) is 19.5. The van der Waals surface area contributed by atoms with Gasteiger partial charge in [0.1, 0.15) is 11.5 Å². The first-order chi connectivity index (χ1) is 17.9. The van der Waals surface area contributed by atoms with Crippen molar-refractivity contribution in [2.45, 2.75) is 49.4 Å². The standard InChI is InChI=1S/C24H20F4N2O8/c25-23(26)35-15-3-1-13(7-17(15)37-23)33-9-19(31)29-21-5-6-22(11-21,12-21)30-20(32)10-34-14-2-4-16-18(8-14)38-24(27,28)36-16/h1-4,7-8H,5-6,9-12H2,(H,29,31)(H,30,32). The predicted octanol–water partition coefficient (Wildman–Crippen LogP) is 3.09. The lowest BCUT2D eigenvalue weighted by Gasteiger charge is -2.48. The van der Waals surface area contributed by atoms with Gasteiger partial charge in [-0.25, -0.2) is 0 Å². The van der Waals surface area contributed by atoms with Gasteiger partial charge in [0, 0.05) is 23.2 Å². The topological polar surface area (TPSA) is 114 Å². The van der Waals surface area contributed by atoms with E-state index in [1.165, 1.54) is 36.4 Å². The molecule has 0 aromatic heterocycles. The minimum Gasteiger partial charge on any atom is -0.484 e. The van der Waals surface area contributed by atoms with E-state index >= 15 is 0 Å². The molecule has 2 aliphatic heterocycles. The molecule has 3 fully saturated rings. The van der Waals surface area contributed by atoms with Crippen molar-refractivity contribution in [1.82, 2.24) is 10.6 Å². The van der Waals surface area contributed by atoms with Crippen LogP contribution in [0.25, 0.3) is 0 Å². The molecule has 202 valence electrons. The molecule has 38 heavy (non-hydrogen) atoms. The molecule has 2 aromatic rings. The molecule has 2 N–H and O–H groups in total. The highest BCUT2D eigenvalue weighted by Gasteiger charge is 2.62. The Morgan fingerprint density at radius 1 is 0.684 bits per heavy atom. The normalized spacial score (nSPS) is 26.3. The number of rotatable bonds is 8. The van der Waals surface area contributed by atoms with Gasteiger partial charge in [-0.2, -0.15) is 0 Å². The average Bonchev–Trinajstić information content (AvgIpc) is 3.51. The van der Waals surface area contributed by atoms with E-state index in [4.69, 9.17) is 9.47 Å². The number of benzene rings is 2. The fourth-order valence-corrected chi connectivity index (χ4v) is 5.38. The zero-order valence-corrected chi connectivity index (χ0v) is 19.5. The van der Waals surface area contributed by atoms with E-state index in [0.29, 0.717) is 25.7 Å². The van der Waals surface area contributed by atoms with Crippen molar-refractivity contribution in [3.05, 3.63) is 36.4 Å². The number of hydrogen-bond donors (Lipinski definition) is 2. The van der Waals surface area contributed by atoms with Crippen molar-refractivity contribution in [2.75, 3.05) is 13.2 Å². The van der Waals surface area contributed by atoms with Crippen molar-refractivity contribution < 1.29 is 55.6 Å². The number of alkyl halides is 4. The molecule has 2 aromatic carbocycles. The first kappa shape index (κ1) is 24.2. The molecule has 2 bridgehead atoms. The molecular weight excluding hydrogens is 520 g/mol. The molecule has 10 nitrogen and oxygen atoms in total. The minimum atomic E-state index is -3.75. The van der Waals surface area contributed by atoms with Crippen LogP contribution in [0, 0.1) is 0 Å². The minimum absolute atomic E-state index is 0.129. The third-order valence-electron chi connectivity index (χ3n) is 6.73. The number of carbonyl (C=O) groups excluding carboxylic acids is 2. The Balaban J connectivity index is 0.949. The summed E-state index contributed by atoms with van der Waals surface area (Å²) in [5.74, 6) is -1.10. The van der Waals surface area contributed by atoms with Gasteiger partial charge in [-0.05, 0) is 49.9 Å². The second-order valence-corrected chi connectivity index (χ2v) is 9.64. The van der Waals surface area contributed by atoms with Crippen molar-refractivity contribution in [1.29, 1.82) is 0 Å². The van der Waals surface area contributed by atoms with Gasteiger partial charge in [0.05, 0.1) is 0 Å². The van der Waals surface area contributed by atoms with Crippen LogP contribution >= 0.6 is 0 Å². The van der Waals surface area contributed by atoms with E-state index in [-0.39, 0.29) is 47.7 Å². The predicted molar refractivity (Wildman–Crippen MR) is 116 cm³/mol. The SMILES string of the molecule is O=C(COc1ccc2c(c1)OC(F)(F)O2)NC12CCC(NC(=O)COc3ccc4c(c3)OC(F)(F)O4)(C1)C2. The number of ether oxygens (including phenoxy) is 6. The van der Waals surface area contributed by atoms with Crippen LogP contribution in [0.2, 0.25) is 0 Å². The molecule has 5 aliphatic rings. The number of carbonyl (C=O) groups is 2. The first-order valence-electron chi connectivity index (χ1n) is 11.6. The van der Waals surface area contributed by atoms with Gasteiger partial charge >= 0.3 is 12.6 Å². The lowest BCUT2D eigenvalue weighted by molar-refractivity contribution is -0.287. The molecule has 3 saturated carbocycles. The van der Waals surface area contributed by atoms with Crippen molar-refractivity contribution in [3.8, 4) is 34.5 Å². The van der Waals surface area contributed by atoms with Gasteiger partial charge in [0.15, 0.2) is 36.2 Å². The quantitative estimate of drug-likeness (QED) is 0.492. The zero-order chi connectivity index (χ0) is 26.8. The van der Waals surface area contributed by atoms with Crippen LogP contribution in [0.1, 0.15) is 25.7 Å². The summed E-state index contributed by atoms with van der Waals surface area (Å²) in [6, 6.07) is 7.71. The Labute approximate surface area is 212 Å². The Morgan fingerprint density at radius 3 is 1.50 bits per heavy atom. The largest absolute Gasteiger partial charge is 0.586 e. The van der Waals surface area contributed by atoms with E-state index in [1.807, 2.05) is 0 Å². The van der Waals surface area contributed by atoms with Crippen molar-refractivity contribution in [3.63, 3.8) is 0 Å². The summed E-state index contributed by atoms with van der Waals surface area (Å²) in [7, 11) is 0. The third-order valence-corrected chi connectivity index (χ3v) is 6.73. The maximum absolute atomic E-state index is 13.1. The van der Waals surface area contributed by atoms with Gasteiger partial charge in [0.2, 0.25) is 0 Å². The van der Waals surface area contributed by atoms with Crippen LogP contribution in [0.4, 0.5) is 17.6 Å². The average molecular weight is 540 g/mol. The van der Waals surface area contributed by atoms with Crippen LogP contribution < -0.4 is 39.1 Å². The van der Waals surface area contributed by atoms with E-state index in [9.17, 15) is 27.2 Å². The Hall–Kier alpha value is -4.10. The summed E-state index contributed by atoms with van der Waals surface area (Å²) >= 11 is 0. The van der Waals surface area contributed by atoms with Gasteiger partial charge in [-0.3, -0.25) is 9.59 Å². The van der Waals surface area contributed by atoms with Crippen LogP contribution in [0.15, 0.2) is 36.4 Å². The van der Waals surface area contributed by atoms with Gasteiger partial charge in [0.25, 0.3) is 11.8 Å². The second kappa shape index (κ2) is 8.20. The van der Waals surface area contributed by atoms with Crippen molar-refractivity contribution in [2.24, 2.45) is 0 Å². The van der Waals surface area contributed by atoms with E-state index in [0.717, 1.165) is 0 Å². The highest BCUT2D eigenvalue weighted by molar-refractivity contribution is 5.80. The van der Waals surface area contributed by atoms with Gasteiger partial charge in [-0.15, -0.1) is 17.6 Å². The Bertz CT molecular complexity index is 1220. The summed E-state index contributed by atoms with van der Waals surface area (Å²) in [6.45, 7) is -0.682. The smallest absolute Gasteiger partial charge is 0.484 e. The summed E-state index contributed by atoms with van der Waals surface area (Å²) in [5, 5.41) is 5.87. The highest BCUT2D eigenvalue weighted by Crippen LogP contribution is 2.55. The van der Waals surface area contributed by atoms with Crippen LogP contribution in [-0.4, -0.2) is 48.7 Å². The third kappa shape index (κ3) is 4.65. The maximum atomic E-state index is 13.1. The molecule has 14 heteroatoms. The van der Waals surface area contributed by atoms with Gasteiger partial charge < -0.3 is 39.1 Å². The number of fused-ring (bicyclic) bond motifs is 3. The highest BCUT2D eigenvalue weighted by atomic mass is 19.3. The monoisotopic (exact) mass is 540 g/mol. The lowest BCUT2D eigenvalue weighted by Crippen LogP contribution is -2.65. The van der Waals surface area contributed by atoms with Crippen LogP contribution in [0.5, 0.6) is 34.5 Å². The summed E-state index contributed by atoms with van der Waals surface area (Å²) < 4.78 is 80.7. The lowest BCUT2D eigenvalue weighted by atomic mass is 9.71. The molecular formula is C24H20F4N2O8. The molecule has 0 radical (unpaired) electrons. The molecule has 2 heterocycles. The van der Waals surface area contributed by atoms with E-state index in [1.54, 1.807) is 0 Å². The molecule has 2 amide bonds. The molecule has 0 spiro atoms. The first-order valence-corrected chi connectivity index (χ1v) is 11.6. The number of hydrogen-bond acceptors (Lipinski definition) is 8. The number of amides is 2. The molecule has 0 atom stereocenters. The Morgan fingerprint density at radius 2 is 1.08 bits per heavy atom.